The van der Waals surface area contributed by atoms with Gasteiger partial charge in [-0.1, -0.05) is 25.1 Å². The predicted octanol–water partition coefficient (Wildman–Crippen LogP) is 3.05. The predicted molar refractivity (Wildman–Crippen MR) is 94.4 cm³/mol. The number of nitrogens with zero attached hydrogens (tertiary/aromatic N) is 2. The van der Waals surface area contributed by atoms with E-state index in [-0.39, 0.29) is 5.91 Å². The first-order chi connectivity index (χ1) is 11.5. The monoisotopic (exact) mass is 330 g/mol. The average molecular weight is 330 g/mol. The van der Waals surface area contributed by atoms with Crippen LogP contribution in [0.2, 0.25) is 0 Å². The van der Waals surface area contributed by atoms with Gasteiger partial charge in [0.05, 0.1) is 13.1 Å². The van der Waals surface area contributed by atoms with Crippen LogP contribution in [0.25, 0.3) is 0 Å². The molecule has 1 aromatic heterocycles. The Morgan fingerprint density at radius 1 is 1.12 bits per heavy atom. The molecule has 0 aliphatic rings. The van der Waals surface area contributed by atoms with Crippen LogP contribution in [0.3, 0.4) is 0 Å². The summed E-state index contributed by atoms with van der Waals surface area (Å²) in [5.74, 6) is 1.90. The average Bonchev–Trinajstić information content (AvgIpc) is 3.02. The normalized spacial score (nSPS) is 10.9. The van der Waals surface area contributed by atoms with Gasteiger partial charge in [0.15, 0.2) is 5.76 Å². The molecule has 0 bridgehead atoms. The molecule has 2 rings (SSSR count). The van der Waals surface area contributed by atoms with Gasteiger partial charge in [0.25, 0.3) is 5.91 Å². The quantitative estimate of drug-likeness (QED) is 0.746. The molecule has 1 heterocycles. The van der Waals surface area contributed by atoms with Crippen LogP contribution in [0.1, 0.15) is 28.8 Å². The van der Waals surface area contributed by atoms with Gasteiger partial charge in [0.1, 0.15) is 18.1 Å². The summed E-state index contributed by atoms with van der Waals surface area (Å²) in [5, 5.41) is 0. The summed E-state index contributed by atoms with van der Waals surface area (Å²) in [6.07, 6.45) is 0.923. The lowest BCUT2D eigenvalue weighted by molar-refractivity contribution is 0.0739. The number of para-hydroxylation sites is 1. The largest absolute Gasteiger partial charge is 0.491 e. The Kier molecular flexibility index (Phi) is 6.44. The van der Waals surface area contributed by atoms with E-state index in [1.165, 1.54) is 5.56 Å². The Morgan fingerprint density at radius 2 is 1.88 bits per heavy atom. The van der Waals surface area contributed by atoms with E-state index < -0.39 is 0 Å². The van der Waals surface area contributed by atoms with E-state index in [1.807, 2.05) is 43.3 Å². The van der Waals surface area contributed by atoms with Gasteiger partial charge in [-0.25, -0.2) is 0 Å². The standard InChI is InChI=1S/C19H26N2O3/c1-5-15-8-6-7-9-17(15)23-13-12-21(4)19(22)18-11-10-16(24-18)14-20(2)3/h6-11H,5,12-14H2,1-4H3. The number of furan rings is 1. The number of ether oxygens (including phenoxy) is 1. The summed E-state index contributed by atoms with van der Waals surface area (Å²) in [7, 11) is 5.68. The molecule has 0 aliphatic heterocycles. The second kappa shape index (κ2) is 8.55. The summed E-state index contributed by atoms with van der Waals surface area (Å²) >= 11 is 0. The van der Waals surface area contributed by atoms with Crippen molar-refractivity contribution in [2.45, 2.75) is 19.9 Å². The van der Waals surface area contributed by atoms with Gasteiger partial charge in [-0.15, -0.1) is 0 Å². The van der Waals surface area contributed by atoms with Crippen LogP contribution in [0, 0.1) is 0 Å². The maximum Gasteiger partial charge on any atom is 0.289 e. The molecule has 0 radical (unpaired) electrons. The van der Waals surface area contributed by atoms with E-state index in [0.717, 1.165) is 17.9 Å². The zero-order valence-corrected chi connectivity index (χ0v) is 14.9. The molecule has 5 heteroatoms. The van der Waals surface area contributed by atoms with Gasteiger partial charge in [0, 0.05) is 7.05 Å². The number of benzene rings is 1. The highest BCUT2D eigenvalue weighted by Crippen LogP contribution is 2.18. The van der Waals surface area contributed by atoms with Crippen molar-refractivity contribution < 1.29 is 13.9 Å². The maximum absolute atomic E-state index is 12.4. The minimum Gasteiger partial charge on any atom is -0.491 e. The molecule has 0 saturated carbocycles. The molecule has 0 unspecified atom stereocenters. The molecule has 0 saturated heterocycles. The number of likely N-dealkylation sites (N-methyl/N-ethyl adjacent to an activating group) is 1. The molecule has 1 aromatic carbocycles. The van der Waals surface area contributed by atoms with Crippen molar-refractivity contribution in [3.8, 4) is 5.75 Å². The molecule has 2 aromatic rings. The minimum absolute atomic E-state index is 0.132. The van der Waals surface area contributed by atoms with Crippen molar-refractivity contribution in [1.29, 1.82) is 0 Å². The van der Waals surface area contributed by atoms with Gasteiger partial charge in [-0.05, 0) is 44.3 Å². The number of hydrogen-bond acceptors (Lipinski definition) is 4. The third-order valence-corrected chi connectivity index (χ3v) is 3.73. The highest BCUT2D eigenvalue weighted by Gasteiger charge is 2.16. The highest BCUT2D eigenvalue weighted by atomic mass is 16.5. The van der Waals surface area contributed by atoms with Crippen molar-refractivity contribution in [1.82, 2.24) is 9.80 Å². The number of amides is 1. The molecular formula is C19H26N2O3. The van der Waals surface area contributed by atoms with Crippen molar-refractivity contribution in [2.24, 2.45) is 0 Å². The molecule has 0 N–H and O–H groups in total. The number of rotatable bonds is 8. The van der Waals surface area contributed by atoms with Crippen molar-refractivity contribution in [2.75, 3.05) is 34.3 Å². The van der Waals surface area contributed by atoms with Gasteiger partial charge < -0.3 is 19.0 Å². The van der Waals surface area contributed by atoms with Crippen molar-refractivity contribution in [3.63, 3.8) is 0 Å². The summed E-state index contributed by atoms with van der Waals surface area (Å²) in [4.78, 5) is 16.0. The topological polar surface area (TPSA) is 45.9 Å². The number of hydrogen-bond donors (Lipinski definition) is 0. The van der Waals surface area contributed by atoms with Crippen LogP contribution in [0.4, 0.5) is 0 Å². The lowest BCUT2D eigenvalue weighted by atomic mass is 10.1. The third kappa shape index (κ3) is 4.86. The lowest BCUT2D eigenvalue weighted by Gasteiger charge is -2.17. The van der Waals surface area contributed by atoms with Crippen molar-refractivity contribution in [3.05, 3.63) is 53.5 Å². The molecule has 0 atom stereocenters. The fraction of sp³-hybridized carbons (Fsp3) is 0.421. The van der Waals surface area contributed by atoms with Crippen LogP contribution in [0.5, 0.6) is 5.75 Å². The third-order valence-electron chi connectivity index (χ3n) is 3.73. The fourth-order valence-electron chi connectivity index (χ4n) is 2.41. The van der Waals surface area contributed by atoms with Gasteiger partial charge >= 0.3 is 0 Å². The first kappa shape index (κ1) is 18.1. The van der Waals surface area contributed by atoms with Crippen LogP contribution >= 0.6 is 0 Å². The van der Waals surface area contributed by atoms with E-state index in [1.54, 1.807) is 18.0 Å². The Labute approximate surface area is 143 Å². The minimum atomic E-state index is -0.132. The SMILES string of the molecule is CCc1ccccc1OCCN(C)C(=O)c1ccc(CN(C)C)o1. The number of carbonyl (C=O) groups excluding carboxylic acids is 1. The molecule has 0 aliphatic carbocycles. The fourth-order valence-corrected chi connectivity index (χ4v) is 2.41. The Morgan fingerprint density at radius 3 is 2.58 bits per heavy atom. The zero-order chi connectivity index (χ0) is 17.5. The summed E-state index contributed by atoms with van der Waals surface area (Å²) in [6, 6.07) is 11.5. The first-order valence-electron chi connectivity index (χ1n) is 8.21. The second-order valence-corrected chi connectivity index (χ2v) is 6.04. The molecule has 0 spiro atoms. The lowest BCUT2D eigenvalue weighted by Crippen LogP contribution is -2.30. The zero-order valence-electron chi connectivity index (χ0n) is 14.9. The molecular weight excluding hydrogens is 304 g/mol. The second-order valence-electron chi connectivity index (χ2n) is 6.04. The molecule has 130 valence electrons. The van der Waals surface area contributed by atoms with Crippen LogP contribution in [0.15, 0.2) is 40.8 Å². The van der Waals surface area contributed by atoms with Gasteiger partial charge in [-0.3, -0.25) is 4.79 Å². The van der Waals surface area contributed by atoms with E-state index in [0.29, 0.717) is 25.5 Å². The van der Waals surface area contributed by atoms with Crippen LogP contribution < -0.4 is 4.74 Å². The number of carbonyl (C=O) groups is 1. The van der Waals surface area contributed by atoms with E-state index in [4.69, 9.17) is 9.15 Å². The smallest absolute Gasteiger partial charge is 0.289 e. The Hall–Kier alpha value is -2.27. The van der Waals surface area contributed by atoms with Gasteiger partial charge in [-0.2, -0.15) is 0 Å². The summed E-state index contributed by atoms with van der Waals surface area (Å²) in [5.41, 5.74) is 1.17. The molecule has 5 nitrogen and oxygen atoms in total. The van der Waals surface area contributed by atoms with Crippen LogP contribution in [-0.4, -0.2) is 50.0 Å². The van der Waals surface area contributed by atoms with Gasteiger partial charge in [0.2, 0.25) is 0 Å². The van der Waals surface area contributed by atoms with Crippen molar-refractivity contribution >= 4 is 5.91 Å². The number of aryl methyl sites for hydroxylation is 1. The highest BCUT2D eigenvalue weighted by molar-refractivity contribution is 5.91. The molecule has 0 fully saturated rings. The van der Waals surface area contributed by atoms with E-state index >= 15 is 0 Å². The maximum atomic E-state index is 12.4. The van der Waals surface area contributed by atoms with E-state index in [9.17, 15) is 4.79 Å². The van der Waals surface area contributed by atoms with E-state index in [2.05, 4.69) is 13.0 Å². The first-order valence-corrected chi connectivity index (χ1v) is 8.21. The molecule has 24 heavy (non-hydrogen) atoms. The Balaban J connectivity index is 1.86. The summed E-state index contributed by atoms with van der Waals surface area (Å²) < 4.78 is 11.4. The molecule has 1 amide bonds. The Bertz CT molecular complexity index is 664. The summed E-state index contributed by atoms with van der Waals surface area (Å²) in [6.45, 7) is 3.72. The van der Waals surface area contributed by atoms with Crippen LogP contribution in [-0.2, 0) is 13.0 Å².